The maximum Gasteiger partial charge on any atom is 0 e. The van der Waals surface area contributed by atoms with Gasteiger partial charge in [-0.2, -0.15) is 96.4 Å². The fourth-order valence-corrected chi connectivity index (χ4v) is 2.09. The molecule has 0 saturated carbocycles. The molecule has 1 aliphatic rings. The molecule has 4 aromatic rings. The van der Waals surface area contributed by atoms with Gasteiger partial charge < -0.3 is 7.43 Å². The van der Waals surface area contributed by atoms with Crippen LogP contribution in [0.4, 0.5) is 0 Å². The van der Waals surface area contributed by atoms with Crippen molar-refractivity contribution in [1.29, 1.82) is 0 Å². The molecule has 0 aromatic heterocycles. The third-order valence-corrected chi connectivity index (χ3v) is 3.35. The van der Waals surface area contributed by atoms with Crippen LogP contribution in [0.25, 0.3) is 10.8 Å². The summed E-state index contributed by atoms with van der Waals surface area (Å²) in [6.45, 7) is 0. The quantitative estimate of drug-likeness (QED) is 0.166. The molecule has 0 radical (unpaired) electrons. The fraction of sp³-hybridized carbons (Fsp3) is 0.0370. The average molecular weight is 528 g/mol. The van der Waals surface area contributed by atoms with E-state index >= 15 is 0 Å². The first-order valence-corrected chi connectivity index (χ1v) is 8.61. The summed E-state index contributed by atoms with van der Waals surface area (Å²) in [5.74, 6) is 0. The second-order valence-electron chi connectivity index (χ2n) is 5.31. The number of fused-ring (bicyclic) bond motifs is 1. The van der Waals surface area contributed by atoms with Gasteiger partial charge in [-0.3, -0.25) is 6.08 Å². The Kier molecular flexibility index (Phi) is 16.5. The summed E-state index contributed by atoms with van der Waals surface area (Å²) in [4.78, 5) is 0. The predicted molar refractivity (Wildman–Crippen MR) is 118 cm³/mol. The van der Waals surface area contributed by atoms with E-state index in [1.807, 2.05) is 72.8 Å². The smallest absolute Gasteiger partial charge is 0 e. The Hall–Kier alpha value is -2.38. The van der Waals surface area contributed by atoms with Crippen LogP contribution in [0.15, 0.2) is 121 Å². The number of rotatable bonds is 0. The molecular weight excluding hydrogens is 503 g/mol. The SMILES string of the molecule is [C-]1=CC=CC1.[CH3-].[Hf].[c-]1ccccc1.[c-]1ccccc1.c1ccc2[cH-]ccc2c1. The summed E-state index contributed by atoms with van der Waals surface area (Å²) in [5.41, 5.74) is 0. The van der Waals surface area contributed by atoms with Gasteiger partial charge in [-0.1, -0.05) is 6.07 Å². The van der Waals surface area contributed by atoms with E-state index in [4.69, 9.17) is 0 Å². The van der Waals surface area contributed by atoms with Crippen LogP contribution >= 0.6 is 0 Å². The molecule has 0 nitrogen and oxygen atoms in total. The topological polar surface area (TPSA) is 0 Å². The first-order valence-electron chi connectivity index (χ1n) is 8.61. The van der Waals surface area contributed by atoms with Gasteiger partial charge in [0.1, 0.15) is 0 Å². The minimum Gasteiger partial charge on any atom is -0.358 e. The number of allylic oxidation sites excluding steroid dienone is 4. The van der Waals surface area contributed by atoms with Crippen molar-refractivity contribution in [1.82, 2.24) is 0 Å². The Bertz CT molecular complexity index is 733. The third kappa shape index (κ3) is 12.1. The number of hydrogen-bond acceptors (Lipinski definition) is 0. The van der Waals surface area contributed by atoms with E-state index in [2.05, 4.69) is 66.7 Å². The molecule has 0 spiro atoms. The van der Waals surface area contributed by atoms with Crippen LogP contribution in [0.3, 0.4) is 0 Å². The van der Waals surface area contributed by atoms with Crippen LogP contribution < -0.4 is 0 Å². The minimum atomic E-state index is 0. The van der Waals surface area contributed by atoms with Crippen LogP contribution in [-0.4, -0.2) is 0 Å². The molecule has 0 atom stereocenters. The summed E-state index contributed by atoms with van der Waals surface area (Å²) < 4.78 is 0. The van der Waals surface area contributed by atoms with Gasteiger partial charge in [0.2, 0.25) is 0 Å². The van der Waals surface area contributed by atoms with Gasteiger partial charge in [0.15, 0.2) is 0 Å². The molecule has 0 amide bonds. The zero-order chi connectivity index (χ0) is 18.1. The maximum absolute atomic E-state index is 2.99. The Morgan fingerprint density at radius 3 is 1.68 bits per heavy atom. The summed E-state index contributed by atoms with van der Waals surface area (Å²) in [6.07, 6.45) is 10.0. The van der Waals surface area contributed by atoms with E-state index in [1.165, 1.54) is 10.8 Å². The van der Waals surface area contributed by atoms with E-state index in [1.54, 1.807) is 0 Å². The summed E-state index contributed by atoms with van der Waals surface area (Å²) in [5, 5.41) is 2.66. The second kappa shape index (κ2) is 18.0. The number of benzene rings is 3. The molecule has 0 heterocycles. The standard InChI is InChI=1S/C9H7.2C6H5.C5H5.CH3.Hf/c1-2-5-9-7-3-6-8(9)4-1;2*1-2-4-6-5-3-1;1-2-4-5-3-1;;/h1-7H;2*1-5H;1-3H,4H2;1H3;/q5*-1;. The normalized spacial score (nSPS) is 9.86. The fourth-order valence-electron chi connectivity index (χ4n) is 2.09. The van der Waals surface area contributed by atoms with Crippen LogP contribution in [0.1, 0.15) is 6.42 Å². The Labute approximate surface area is 189 Å². The van der Waals surface area contributed by atoms with E-state index in [0.717, 1.165) is 6.42 Å². The first kappa shape index (κ1) is 25.6. The molecule has 0 fully saturated rings. The monoisotopic (exact) mass is 529 g/mol. The van der Waals surface area contributed by atoms with Gasteiger partial charge in [-0.25, -0.2) is 12.2 Å². The predicted octanol–water partition coefficient (Wildman–Crippen LogP) is 7.29. The van der Waals surface area contributed by atoms with E-state index in [0.29, 0.717) is 0 Å². The zero-order valence-electron chi connectivity index (χ0n) is 16.3. The Balaban J connectivity index is 0.000000348. The van der Waals surface area contributed by atoms with Crippen molar-refractivity contribution in [3.8, 4) is 0 Å². The summed E-state index contributed by atoms with van der Waals surface area (Å²) >= 11 is 0. The van der Waals surface area contributed by atoms with Crippen molar-refractivity contribution in [2.45, 2.75) is 6.42 Å². The molecule has 1 heteroatoms. The molecule has 1 aliphatic carbocycles. The summed E-state index contributed by atoms with van der Waals surface area (Å²) in [7, 11) is 0. The van der Waals surface area contributed by atoms with Crippen molar-refractivity contribution in [2.24, 2.45) is 0 Å². The van der Waals surface area contributed by atoms with Crippen LogP contribution in [0.5, 0.6) is 0 Å². The minimum absolute atomic E-state index is 0. The molecule has 142 valence electrons. The third-order valence-electron chi connectivity index (χ3n) is 3.35. The molecule has 0 bridgehead atoms. The van der Waals surface area contributed by atoms with Crippen molar-refractivity contribution in [2.75, 3.05) is 0 Å². The van der Waals surface area contributed by atoms with Gasteiger partial charge >= 0.3 is 0 Å². The van der Waals surface area contributed by atoms with Crippen molar-refractivity contribution < 1.29 is 25.8 Å². The maximum atomic E-state index is 2.99. The van der Waals surface area contributed by atoms with Gasteiger partial charge in [0.05, 0.1) is 0 Å². The molecule has 5 rings (SSSR count). The van der Waals surface area contributed by atoms with E-state index < -0.39 is 0 Å². The molecule has 0 aliphatic heterocycles. The number of hydrogen-bond donors (Lipinski definition) is 0. The van der Waals surface area contributed by atoms with Crippen molar-refractivity contribution >= 4 is 10.8 Å². The average Bonchev–Trinajstić information content (AvgIpc) is 3.46. The molecule has 28 heavy (non-hydrogen) atoms. The van der Waals surface area contributed by atoms with Crippen LogP contribution in [-0.2, 0) is 25.8 Å². The van der Waals surface area contributed by atoms with Gasteiger partial charge in [-0.05, 0) is 0 Å². The molecular formula is C27H25Hf-5. The van der Waals surface area contributed by atoms with Gasteiger partial charge in [0, 0.05) is 25.8 Å². The van der Waals surface area contributed by atoms with E-state index in [-0.39, 0.29) is 33.3 Å². The zero-order valence-corrected chi connectivity index (χ0v) is 19.8. The molecule has 4 aromatic carbocycles. The van der Waals surface area contributed by atoms with Gasteiger partial charge in [0.25, 0.3) is 0 Å². The Morgan fingerprint density at radius 1 is 0.714 bits per heavy atom. The summed E-state index contributed by atoms with van der Waals surface area (Å²) in [6, 6.07) is 39.7. The van der Waals surface area contributed by atoms with Crippen LogP contribution in [0, 0.1) is 25.6 Å². The van der Waals surface area contributed by atoms with Gasteiger partial charge in [-0.15, -0.1) is 36.1 Å². The van der Waals surface area contributed by atoms with Crippen LogP contribution in [0.2, 0.25) is 0 Å². The molecule has 0 unspecified atom stereocenters. The first-order chi connectivity index (χ1) is 13.0. The van der Waals surface area contributed by atoms with E-state index in [9.17, 15) is 0 Å². The Morgan fingerprint density at radius 2 is 1.32 bits per heavy atom. The molecule has 0 N–H and O–H groups in total. The molecule has 0 saturated heterocycles. The largest absolute Gasteiger partial charge is 0.358 e. The second-order valence-corrected chi connectivity index (χ2v) is 5.31. The van der Waals surface area contributed by atoms with Crippen molar-refractivity contribution in [3.05, 3.63) is 147 Å². The van der Waals surface area contributed by atoms with Crippen molar-refractivity contribution in [3.63, 3.8) is 0 Å².